The maximum atomic E-state index is 5.65. The van der Waals surface area contributed by atoms with E-state index in [9.17, 15) is 0 Å². The molecule has 1 rings (SSSR count). The van der Waals surface area contributed by atoms with Gasteiger partial charge < -0.3 is 4.74 Å². The van der Waals surface area contributed by atoms with E-state index in [-0.39, 0.29) is 11.5 Å². The maximum Gasteiger partial charge on any atom is 0.120 e. The molecule has 0 bridgehead atoms. The first-order valence-electron chi connectivity index (χ1n) is 5.83. The third kappa shape index (κ3) is 5.01. The van der Waals surface area contributed by atoms with Gasteiger partial charge in [0.2, 0.25) is 0 Å². The normalized spacial score (nSPS) is 12.4. The second-order valence-corrected chi connectivity index (χ2v) is 5.44. The Morgan fingerprint density at radius 3 is 2.44 bits per heavy atom. The molecule has 0 aliphatic heterocycles. The van der Waals surface area contributed by atoms with Crippen molar-refractivity contribution in [3.8, 4) is 5.75 Å². The van der Waals surface area contributed by atoms with Crippen LogP contribution in [0.5, 0.6) is 5.75 Å². The fourth-order valence-electron chi connectivity index (χ4n) is 1.31. The van der Waals surface area contributed by atoms with Gasteiger partial charge in [-0.15, -0.1) is 0 Å². The van der Waals surface area contributed by atoms with Crippen LogP contribution in [0.2, 0.25) is 0 Å². The van der Waals surface area contributed by atoms with Gasteiger partial charge in [-0.25, -0.2) is 0 Å². The molecule has 1 heteroatoms. The number of allylic oxidation sites excluding steroid dienone is 1. The number of ether oxygens (including phenoxy) is 1. The van der Waals surface area contributed by atoms with Gasteiger partial charge in [-0.2, -0.15) is 0 Å². The zero-order valence-corrected chi connectivity index (χ0v) is 10.9. The molecule has 0 amide bonds. The summed E-state index contributed by atoms with van der Waals surface area (Å²) in [7, 11) is 0. The Kier molecular flexibility index (Phi) is 4.17. The molecule has 0 spiro atoms. The van der Waals surface area contributed by atoms with Gasteiger partial charge in [-0.05, 0) is 37.0 Å². The topological polar surface area (TPSA) is 9.23 Å². The fourth-order valence-corrected chi connectivity index (χ4v) is 1.31. The Hall–Kier alpha value is -1.24. The maximum absolute atomic E-state index is 5.65. The first kappa shape index (κ1) is 12.8. The molecule has 1 aromatic carbocycles. The van der Waals surface area contributed by atoms with Gasteiger partial charge in [0.1, 0.15) is 5.75 Å². The minimum absolute atomic E-state index is 0.217. The monoisotopic (exact) mass is 218 g/mol. The third-order valence-electron chi connectivity index (χ3n) is 2.01. The number of hydrogen-bond acceptors (Lipinski definition) is 1. The summed E-state index contributed by atoms with van der Waals surface area (Å²) in [6, 6.07) is 8.19. The summed E-state index contributed by atoms with van der Waals surface area (Å²) in [5.74, 6) is 0.936. The lowest BCUT2D eigenvalue weighted by atomic mass is 9.95. The first-order chi connectivity index (χ1) is 7.37. The molecule has 0 aromatic heterocycles. The van der Waals surface area contributed by atoms with E-state index >= 15 is 0 Å². The molecule has 0 fully saturated rings. The minimum atomic E-state index is 0.217. The molecule has 1 nitrogen and oxygen atoms in total. The van der Waals surface area contributed by atoms with Crippen LogP contribution in [0.3, 0.4) is 0 Å². The van der Waals surface area contributed by atoms with E-state index in [1.54, 1.807) is 0 Å². The van der Waals surface area contributed by atoms with E-state index in [1.165, 1.54) is 5.56 Å². The second kappa shape index (κ2) is 5.20. The van der Waals surface area contributed by atoms with Crippen molar-refractivity contribution in [1.82, 2.24) is 0 Å². The molecule has 0 heterocycles. The lowest BCUT2D eigenvalue weighted by Crippen LogP contribution is -2.05. The predicted octanol–water partition coefficient (Wildman–Crippen LogP) is 4.53. The summed E-state index contributed by atoms with van der Waals surface area (Å²) in [5.41, 5.74) is 1.41. The molecule has 0 aliphatic carbocycles. The van der Waals surface area contributed by atoms with E-state index in [1.807, 2.05) is 26.0 Å². The lowest BCUT2D eigenvalue weighted by Gasteiger charge is -2.12. The van der Waals surface area contributed by atoms with E-state index in [4.69, 9.17) is 4.74 Å². The quantitative estimate of drug-likeness (QED) is 0.724. The molecular weight excluding hydrogens is 196 g/mol. The average molecular weight is 218 g/mol. The van der Waals surface area contributed by atoms with Crippen molar-refractivity contribution in [2.24, 2.45) is 5.41 Å². The van der Waals surface area contributed by atoms with Crippen molar-refractivity contribution in [2.45, 2.75) is 40.7 Å². The van der Waals surface area contributed by atoms with Gasteiger partial charge in [0, 0.05) is 0 Å². The van der Waals surface area contributed by atoms with Crippen LogP contribution >= 0.6 is 0 Å². The molecule has 0 saturated heterocycles. The molecule has 16 heavy (non-hydrogen) atoms. The van der Waals surface area contributed by atoms with Gasteiger partial charge in [-0.1, -0.05) is 45.1 Å². The molecular formula is C15H22O. The van der Waals surface area contributed by atoms with E-state index < -0.39 is 0 Å². The van der Waals surface area contributed by atoms with Gasteiger partial charge in [-0.3, -0.25) is 0 Å². The fraction of sp³-hybridized carbons (Fsp3) is 0.467. The van der Waals surface area contributed by atoms with Crippen molar-refractivity contribution in [2.75, 3.05) is 0 Å². The smallest absolute Gasteiger partial charge is 0.120 e. The van der Waals surface area contributed by atoms with Crippen LogP contribution in [0.1, 0.15) is 40.2 Å². The van der Waals surface area contributed by atoms with Crippen LogP contribution in [0, 0.1) is 5.41 Å². The summed E-state index contributed by atoms with van der Waals surface area (Å²) >= 11 is 0. The standard InChI is InChI=1S/C15H22O/c1-12(2)16-14-8-6-7-13(11-14)9-10-15(3,4)5/h6-12H,1-5H3. The SMILES string of the molecule is CC(C)Oc1cccc(C=CC(C)(C)C)c1. The Morgan fingerprint density at radius 1 is 1.19 bits per heavy atom. The van der Waals surface area contributed by atoms with Crippen LogP contribution in [0.25, 0.3) is 6.08 Å². The molecule has 0 saturated carbocycles. The average Bonchev–Trinajstić information content (AvgIpc) is 2.13. The van der Waals surface area contributed by atoms with Crippen LogP contribution in [-0.2, 0) is 0 Å². The minimum Gasteiger partial charge on any atom is -0.491 e. The van der Waals surface area contributed by atoms with Crippen LogP contribution < -0.4 is 4.74 Å². The summed E-state index contributed by atoms with van der Waals surface area (Å²) < 4.78 is 5.65. The summed E-state index contributed by atoms with van der Waals surface area (Å²) in [4.78, 5) is 0. The highest BCUT2D eigenvalue weighted by Gasteiger charge is 2.04. The molecule has 0 unspecified atom stereocenters. The van der Waals surface area contributed by atoms with Crippen LogP contribution in [0.15, 0.2) is 30.3 Å². The van der Waals surface area contributed by atoms with Crippen molar-refractivity contribution in [3.05, 3.63) is 35.9 Å². The molecule has 1 aromatic rings. The van der Waals surface area contributed by atoms with Crippen molar-refractivity contribution >= 4 is 6.08 Å². The summed E-state index contributed by atoms with van der Waals surface area (Å²) in [6.07, 6.45) is 4.58. The number of benzene rings is 1. The Morgan fingerprint density at radius 2 is 1.88 bits per heavy atom. The van der Waals surface area contributed by atoms with Crippen LogP contribution in [-0.4, -0.2) is 6.10 Å². The molecule has 0 radical (unpaired) electrons. The molecule has 0 N–H and O–H groups in total. The second-order valence-electron chi connectivity index (χ2n) is 5.44. The van der Waals surface area contributed by atoms with Gasteiger partial charge in [0.15, 0.2) is 0 Å². The Bertz CT molecular complexity index is 356. The van der Waals surface area contributed by atoms with Crippen molar-refractivity contribution in [3.63, 3.8) is 0 Å². The Balaban J connectivity index is 2.79. The third-order valence-corrected chi connectivity index (χ3v) is 2.01. The summed E-state index contributed by atoms with van der Waals surface area (Å²) in [6.45, 7) is 10.7. The predicted molar refractivity (Wildman–Crippen MR) is 70.7 cm³/mol. The highest BCUT2D eigenvalue weighted by atomic mass is 16.5. The number of hydrogen-bond donors (Lipinski definition) is 0. The molecule has 0 aliphatic rings. The molecule has 88 valence electrons. The van der Waals surface area contributed by atoms with Gasteiger partial charge >= 0.3 is 0 Å². The van der Waals surface area contributed by atoms with Crippen molar-refractivity contribution < 1.29 is 4.74 Å². The molecule has 0 atom stereocenters. The highest BCUT2D eigenvalue weighted by Crippen LogP contribution is 2.20. The van der Waals surface area contributed by atoms with E-state index in [0.717, 1.165) is 5.75 Å². The first-order valence-corrected chi connectivity index (χ1v) is 5.83. The highest BCUT2D eigenvalue weighted by molar-refractivity contribution is 5.52. The van der Waals surface area contributed by atoms with Gasteiger partial charge in [0.25, 0.3) is 0 Å². The Labute approximate surface area is 99.1 Å². The van der Waals surface area contributed by atoms with Crippen molar-refractivity contribution in [1.29, 1.82) is 0 Å². The zero-order chi connectivity index (χ0) is 12.2. The number of rotatable bonds is 3. The van der Waals surface area contributed by atoms with E-state index in [0.29, 0.717) is 0 Å². The van der Waals surface area contributed by atoms with E-state index in [2.05, 4.69) is 45.1 Å². The lowest BCUT2D eigenvalue weighted by molar-refractivity contribution is 0.242. The van der Waals surface area contributed by atoms with Gasteiger partial charge in [0.05, 0.1) is 6.10 Å². The van der Waals surface area contributed by atoms with Crippen LogP contribution in [0.4, 0.5) is 0 Å². The largest absolute Gasteiger partial charge is 0.491 e. The summed E-state index contributed by atoms with van der Waals surface area (Å²) in [5, 5.41) is 0. The zero-order valence-electron chi connectivity index (χ0n) is 10.9.